The predicted molar refractivity (Wildman–Crippen MR) is 79.0 cm³/mol. The van der Waals surface area contributed by atoms with Crippen LogP contribution in [0.2, 0.25) is 0 Å². The summed E-state index contributed by atoms with van der Waals surface area (Å²) in [4.78, 5) is 2.58. The van der Waals surface area contributed by atoms with E-state index in [0.29, 0.717) is 6.04 Å². The standard InChI is InChI=1S/C16H26N2/c1-4-13(3)11-18-12-15(5-2)17-10-14-8-6-7-9-16(14)18/h6-9,13,15,17H,4-5,10-12H2,1-3H3. The van der Waals surface area contributed by atoms with Crippen LogP contribution in [-0.2, 0) is 6.54 Å². The van der Waals surface area contributed by atoms with Crippen LogP contribution < -0.4 is 10.2 Å². The van der Waals surface area contributed by atoms with E-state index in [0.717, 1.165) is 19.0 Å². The van der Waals surface area contributed by atoms with Crippen molar-refractivity contribution in [2.45, 2.75) is 46.2 Å². The zero-order chi connectivity index (χ0) is 13.0. The largest absolute Gasteiger partial charge is 0.369 e. The zero-order valence-electron chi connectivity index (χ0n) is 11.9. The number of rotatable bonds is 4. The first-order valence-electron chi connectivity index (χ1n) is 7.30. The van der Waals surface area contributed by atoms with Crippen LogP contribution in [0.15, 0.2) is 24.3 Å². The molecule has 1 aliphatic rings. The Kier molecular flexibility index (Phi) is 4.65. The molecule has 2 unspecified atom stereocenters. The van der Waals surface area contributed by atoms with E-state index >= 15 is 0 Å². The number of anilines is 1. The van der Waals surface area contributed by atoms with Crippen molar-refractivity contribution in [1.82, 2.24) is 5.32 Å². The van der Waals surface area contributed by atoms with Crippen molar-refractivity contribution in [2.24, 2.45) is 5.92 Å². The Morgan fingerprint density at radius 1 is 1.33 bits per heavy atom. The third kappa shape index (κ3) is 3.05. The lowest BCUT2D eigenvalue weighted by molar-refractivity contribution is 0.477. The molecule has 2 atom stereocenters. The van der Waals surface area contributed by atoms with Gasteiger partial charge in [-0.25, -0.2) is 0 Å². The molecule has 0 aliphatic carbocycles. The number of benzene rings is 1. The minimum absolute atomic E-state index is 0.612. The zero-order valence-corrected chi connectivity index (χ0v) is 11.9. The summed E-state index contributed by atoms with van der Waals surface area (Å²) in [6.45, 7) is 10.2. The number of para-hydroxylation sites is 1. The normalized spacial score (nSPS) is 21.3. The second-order valence-electron chi connectivity index (χ2n) is 5.53. The van der Waals surface area contributed by atoms with Gasteiger partial charge in [0.25, 0.3) is 0 Å². The Morgan fingerprint density at radius 2 is 2.11 bits per heavy atom. The molecule has 0 bridgehead atoms. The number of nitrogens with zero attached hydrogens (tertiary/aromatic N) is 1. The van der Waals surface area contributed by atoms with E-state index in [4.69, 9.17) is 0 Å². The lowest BCUT2D eigenvalue weighted by Crippen LogP contribution is -2.39. The molecule has 1 aromatic rings. The minimum Gasteiger partial charge on any atom is -0.369 e. The van der Waals surface area contributed by atoms with Crippen LogP contribution in [0, 0.1) is 5.92 Å². The fourth-order valence-electron chi connectivity index (χ4n) is 2.60. The van der Waals surface area contributed by atoms with E-state index in [1.165, 1.54) is 30.6 Å². The Bertz CT molecular complexity index is 375. The highest BCUT2D eigenvalue weighted by atomic mass is 15.2. The van der Waals surface area contributed by atoms with E-state index in [2.05, 4.69) is 55.3 Å². The lowest BCUT2D eigenvalue weighted by Gasteiger charge is -2.29. The van der Waals surface area contributed by atoms with Crippen molar-refractivity contribution >= 4 is 5.69 Å². The van der Waals surface area contributed by atoms with Crippen molar-refractivity contribution in [3.8, 4) is 0 Å². The van der Waals surface area contributed by atoms with E-state index in [-0.39, 0.29) is 0 Å². The molecule has 0 saturated carbocycles. The first kappa shape index (κ1) is 13.4. The molecule has 0 amide bonds. The van der Waals surface area contributed by atoms with Gasteiger partial charge in [-0.2, -0.15) is 0 Å². The maximum Gasteiger partial charge on any atom is 0.0412 e. The van der Waals surface area contributed by atoms with Crippen LogP contribution in [0.3, 0.4) is 0 Å². The van der Waals surface area contributed by atoms with Crippen molar-refractivity contribution in [3.05, 3.63) is 29.8 Å². The molecule has 0 saturated heterocycles. The summed E-state index contributed by atoms with van der Waals surface area (Å²) >= 11 is 0. The van der Waals surface area contributed by atoms with Crippen molar-refractivity contribution < 1.29 is 0 Å². The molecular weight excluding hydrogens is 220 g/mol. The highest BCUT2D eigenvalue weighted by Gasteiger charge is 2.20. The van der Waals surface area contributed by atoms with Crippen LogP contribution >= 0.6 is 0 Å². The molecule has 1 heterocycles. The van der Waals surface area contributed by atoms with Gasteiger partial charge in [0.15, 0.2) is 0 Å². The van der Waals surface area contributed by atoms with E-state index in [1.807, 2.05) is 0 Å². The number of hydrogen-bond acceptors (Lipinski definition) is 2. The highest BCUT2D eigenvalue weighted by Crippen LogP contribution is 2.25. The van der Waals surface area contributed by atoms with Gasteiger partial charge in [0.05, 0.1) is 0 Å². The Labute approximate surface area is 111 Å². The van der Waals surface area contributed by atoms with Gasteiger partial charge in [-0.1, -0.05) is 45.4 Å². The van der Waals surface area contributed by atoms with Crippen LogP contribution in [0.1, 0.15) is 39.2 Å². The quantitative estimate of drug-likeness (QED) is 0.875. The fourth-order valence-corrected chi connectivity index (χ4v) is 2.60. The predicted octanol–water partition coefficient (Wildman–Crippen LogP) is 3.42. The molecule has 0 aromatic heterocycles. The van der Waals surface area contributed by atoms with Gasteiger partial charge in [-0.15, -0.1) is 0 Å². The highest BCUT2D eigenvalue weighted by molar-refractivity contribution is 5.54. The third-order valence-corrected chi connectivity index (χ3v) is 4.08. The molecular formula is C16H26N2. The van der Waals surface area contributed by atoms with Crippen LogP contribution in [0.25, 0.3) is 0 Å². The maximum absolute atomic E-state index is 3.67. The van der Waals surface area contributed by atoms with Gasteiger partial charge in [-0.3, -0.25) is 0 Å². The SMILES string of the molecule is CCC(C)CN1CC(CC)NCc2ccccc21. The first-order chi connectivity index (χ1) is 8.74. The molecule has 0 radical (unpaired) electrons. The number of nitrogens with one attached hydrogen (secondary N) is 1. The number of fused-ring (bicyclic) bond motifs is 1. The third-order valence-electron chi connectivity index (χ3n) is 4.08. The van der Waals surface area contributed by atoms with Crippen LogP contribution in [-0.4, -0.2) is 19.1 Å². The Morgan fingerprint density at radius 3 is 2.83 bits per heavy atom. The summed E-state index contributed by atoms with van der Waals surface area (Å²) < 4.78 is 0. The van der Waals surface area contributed by atoms with Crippen molar-refractivity contribution in [2.75, 3.05) is 18.0 Å². The van der Waals surface area contributed by atoms with Crippen molar-refractivity contribution in [3.63, 3.8) is 0 Å². The Hall–Kier alpha value is -1.02. The van der Waals surface area contributed by atoms with Crippen LogP contribution in [0.5, 0.6) is 0 Å². The average Bonchev–Trinajstić information content (AvgIpc) is 2.59. The molecule has 1 aromatic carbocycles. The topological polar surface area (TPSA) is 15.3 Å². The average molecular weight is 246 g/mol. The second kappa shape index (κ2) is 6.24. The summed E-state index contributed by atoms with van der Waals surface area (Å²) in [6, 6.07) is 9.45. The van der Waals surface area contributed by atoms with Gasteiger partial charge >= 0.3 is 0 Å². The summed E-state index contributed by atoms with van der Waals surface area (Å²) in [5.74, 6) is 0.758. The van der Waals surface area contributed by atoms with Gasteiger partial charge in [0, 0.05) is 31.4 Å². The Balaban J connectivity index is 2.22. The van der Waals surface area contributed by atoms with E-state index in [9.17, 15) is 0 Å². The molecule has 2 rings (SSSR count). The van der Waals surface area contributed by atoms with Gasteiger partial charge in [-0.05, 0) is 24.0 Å². The summed E-state index contributed by atoms with van der Waals surface area (Å²) in [6.07, 6.45) is 2.45. The summed E-state index contributed by atoms with van der Waals surface area (Å²) in [5.41, 5.74) is 2.87. The number of hydrogen-bond donors (Lipinski definition) is 1. The van der Waals surface area contributed by atoms with E-state index in [1.54, 1.807) is 0 Å². The molecule has 2 heteroatoms. The molecule has 100 valence electrons. The second-order valence-corrected chi connectivity index (χ2v) is 5.53. The van der Waals surface area contributed by atoms with Gasteiger partial charge in [0.1, 0.15) is 0 Å². The summed E-state index contributed by atoms with van der Waals surface area (Å²) in [7, 11) is 0. The molecule has 18 heavy (non-hydrogen) atoms. The molecule has 1 N–H and O–H groups in total. The van der Waals surface area contributed by atoms with E-state index < -0.39 is 0 Å². The lowest BCUT2D eigenvalue weighted by atomic mass is 10.1. The molecule has 1 aliphatic heterocycles. The minimum atomic E-state index is 0.612. The molecule has 0 fully saturated rings. The van der Waals surface area contributed by atoms with Gasteiger partial charge < -0.3 is 10.2 Å². The molecule has 0 spiro atoms. The monoisotopic (exact) mass is 246 g/mol. The smallest absolute Gasteiger partial charge is 0.0412 e. The van der Waals surface area contributed by atoms with Crippen molar-refractivity contribution in [1.29, 1.82) is 0 Å². The maximum atomic E-state index is 3.67. The van der Waals surface area contributed by atoms with Crippen LogP contribution in [0.4, 0.5) is 5.69 Å². The fraction of sp³-hybridized carbons (Fsp3) is 0.625. The first-order valence-corrected chi connectivity index (χ1v) is 7.30. The molecule has 2 nitrogen and oxygen atoms in total. The van der Waals surface area contributed by atoms with Gasteiger partial charge in [0.2, 0.25) is 0 Å². The summed E-state index contributed by atoms with van der Waals surface area (Å²) in [5, 5.41) is 3.67.